The molecule has 112 valence electrons. The summed E-state index contributed by atoms with van der Waals surface area (Å²) in [5.74, 6) is -0.284. The molecule has 0 bridgehead atoms. The molecule has 1 fully saturated rings. The third kappa shape index (κ3) is 3.01. The molecule has 2 aromatic carbocycles. The number of imide groups is 1. The minimum Gasteiger partial charge on any atom is -0.373 e. The Bertz CT molecular complexity index is 680. The third-order valence-corrected chi connectivity index (χ3v) is 3.82. The smallest absolute Gasteiger partial charge is 0.252 e. The van der Waals surface area contributed by atoms with Crippen molar-refractivity contribution in [2.45, 2.75) is 25.9 Å². The number of nitrogens with one attached hydrogen (secondary N) is 1. The summed E-state index contributed by atoms with van der Waals surface area (Å²) in [6.07, 6.45) is 0.208. The number of anilines is 1. The van der Waals surface area contributed by atoms with E-state index in [1.807, 2.05) is 61.5 Å². The number of benzene rings is 2. The van der Waals surface area contributed by atoms with E-state index >= 15 is 0 Å². The average Bonchev–Trinajstić information content (AvgIpc) is 2.78. The lowest BCUT2D eigenvalue weighted by Crippen LogP contribution is -2.34. The van der Waals surface area contributed by atoms with Crippen molar-refractivity contribution < 1.29 is 9.59 Å². The molecule has 2 amide bonds. The highest BCUT2D eigenvalue weighted by atomic mass is 16.2. The topological polar surface area (TPSA) is 49.4 Å². The van der Waals surface area contributed by atoms with Crippen LogP contribution in [0.3, 0.4) is 0 Å². The van der Waals surface area contributed by atoms with Gasteiger partial charge >= 0.3 is 0 Å². The van der Waals surface area contributed by atoms with E-state index in [9.17, 15) is 9.59 Å². The molecule has 1 N–H and O–H groups in total. The second-order valence-electron chi connectivity index (χ2n) is 5.57. The van der Waals surface area contributed by atoms with Crippen LogP contribution in [-0.4, -0.2) is 22.8 Å². The number of carbonyl (C=O) groups excluding carboxylic acids is 2. The Balaban J connectivity index is 1.70. The molecule has 0 spiro atoms. The number of carbonyl (C=O) groups is 2. The van der Waals surface area contributed by atoms with E-state index in [1.54, 1.807) is 0 Å². The van der Waals surface area contributed by atoms with Crippen molar-refractivity contribution in [1.29, 1.82) is 0 Å². The van der Waals surface area contributed by atoms with E-state index in [4.69, 9.17) is 0 Å². The van der Waals surface area contributed by atoms with Crippen molar-refractivity contribution in [3.63, 3.8) is 0 Å². The first kappa shape index (κ1) is 14.3. The van der Waals surface area contributed by atoms with Gasteiger partial charge in [-0.1, -0.05) is 48.0 Å². The van der Waals surface area contributed by atoms with E-state index in [0.29, 0.717) is 6.54 Å². The van der Waals surface area contributed by atoms with Crippen LogP contribution in [0.5, 0.6) is 0 Å². The first-order chi connectivity index (χ1) is 10.6. The fraction of sp³-hybridized carbons (Fsp3) is 0.222. The lowest BCUT2D eigenvalue weighted by atomic mass is 10.2. The van der Waals surface area contributed by atoms with Crippen LogP contribution in [-0.2, 0) is 16.1 Å². The Morgan fingerprint density at radius 1 is 1.05 bits per heavy atom. The predicted octanol–water partition coefficient (Wildman–Crippen LogP) is 2.73. The van der Waals surface area contributed by atoms with Crippen molar-refractivity contribution in [2.75, 3.05) is 5.32 Å². The van der Waals surface area contributed by atoms with Gasteiger partial charge in [0.25, 0.3) is 5.91 Å². The molecule has 3 rings (SSSR count). The molecule has 1 saturated heterocycles. The Kier molecular flexibility index (Phi) is 3.92. The first-order valence-corrected chi connectivity index (χ1v) is 7.35. The molecule has 2 aromatic rings. The highest BCUT2D eigenvalue weighted by Crippen LogP contribution is 2.20. The van der Waals surface area contributed by atoms with Gasteiger partial charge in [-0.15, -0.1) is 0 Å². The maximum Gasteiger partial charge on any atom is 0.252 e. The third-order valence-electron chi connectivity index (χ3n) is 3.82. The van der Waals surface area contributed by atoms with Gasteiger partial charge in [0.15, 0.2) is 0 Å². The van der Waals surface area contributed by atoms with E-state index in [2.05, 4.69) is 5.32 Å². The van der Waals surface area contributed by atoms with Crippen LogP contribution in [0.1, 0.15) is 17.5 Å². The number of hydrogen-bond donors (Lipinski definition) is 1. The Morgan fingerprint density at radius 2 is 1.73 bits per heavy atom. The second kappa shape index (κ2) is 6.02. The highest BCUT2D eigenvalue weighted by molar-refractivity contribution is 6.06. The van der Waals surface area contributed by atoms with Crippen LogP contribution in [0.15, 0.2) is 54.6 Å². The zero-order chi connectivity index (χ0) is 15.5. The van der Waals surface area contributed by atoms with E-state index in [1.165, 1.54) is 4.90 Å². The van der Waals surface area contributed by atoms with Crippen LogP contribution < -0.4 is 5.32 Å². The summed E-state index contributed by atoms with van der Waals surface area (Å²) in [5, 5.41) is 3.15. The van der Waals surface area contributed by atoms with Crippen LogP contribution in [0.25, 0.3) is 0 Å². The van der Waals surface area contributed by atoms with Crippen molar-refractivity contribution in [3.05, 3.63) is 65.7 Å². The maximum atomic E-state index is 12.4. The van der Waals surface area contributed by atoms with Gasteiger partial charge in [-0.25, -0.2) is 0 Å². The summed E-state index contributed by atoms with van der Waals surface area (Å²) >= 11 is 0. The van der Waals surface area contributed by atoms with Gasteiger partial charge in [-0.05, 0) is 24.6 Å². The normalized spacial score (nSPS) is 17.9. The van der Waals surface area contributed by atoms with E-state index < -0.39 is 6.04 Å². The Hall–Kier alpha value is -2.62. The minimum absolute atomic E-state index is 0.126. The molecule has 1 heterocycles. The molecule has 0 unspecified atom stereocenters. The summed E-state index contributed by atoms with van der Waals surface area (Å²) in [5.41, 5.74) is 2.98. The van der Waals surface area contributed by atoms with Crippen LogP contribution in [0, 0.1) is 6.92 Å². The second-order valence-corrected chi connectivity index (χ2v) is 5.57. The molecule has 1 aliphatic rings. The quantitative estimate of drug-likeness (QED) is 0.882. The van der Waals surface area contributed by atoms with Crippen LogP contribution in [0.2, 0.25) is 0 Å². The van der Waals surface area contributed by atoms with E-state index in [0.717, 1.165) is 16.8 Å². The molecule has 0 radical (unpaired) electrons. The lowest BCUT2D eigenvalue weighted by Gasteiger charge is -2.16. The lowest BCUT2D eigenvalue weighted by molar-refractivity contribution is -0.139. The molecule has 4 heteroatoms. The largest absolute Gasteiger partial charge is 0.373 e. The molecule has 1 aliphatic heterocycles. The highest BCUT2D eigenvalue weighted by Gasteiger charge is 2.38. The molecular formula is C18H18N2O2. The Labute approximate surface area is 129 Å². The predicted molar refractivity (Wildman–Crippen MR) is 85.2 cm³/mol. The molecule has 0 saturated carbocycles. The summed E-state index contributed by atoms with van der Waals surface area (Å²) in [4.78, 5) is 25.9. The summed E-state index contributed by atoms with van der Waals surface area (Å²) < 4.78 is 0. The number of nitrogens with zero attached hydrogens (tertiary/aromatic N) is 1. The number of hydrogen-bond acceptors (Lipinski definition) is 3. The van der Waals surface area contributed by atoms with Crippen molar-refractivity contribution in [1.82, 2.24) is 4.90 Å². The van der Waals surface area contributed by atoms with E-state index in [-0.39, 0.29) is 18.2 Å². The van der Waals surface area contributed by atoms with Crippen molar-refractivity contribution in [3.8, 4) is 0 Å². The zero-order valence-electron chi connectivity index (χ0n) is 12.5. The van der Waals surface area contributed by atoms with Gasteiger partial charge in [-0.2, -0.15) is 0 Å². The van der Waals surface area contributed by atoms with Gasteiger partial charge in [0.1, 0.15) is 6.04 Å². The maximum absolute atomic E-state index is 12.4. The fourth-order valence-corrected chi connectivity index (χ4v) is 2.58. The first-order valence-electron chi connectivity index (χ1n) is 7.35. The summed E-state index contributed by atoms with van der Waals surface area (Å²) in [7, 11) is 0. The molecule has 1 atom stereocenters. The van der Waals surface area contributed by atoms with Gasteiger partial charge < -0.3 is 5.32 Å². The molecule has 4 nitrogen and oxygen atoms in total. The zero-order valence-corrected chi connectivity index (χ0v) is 12.5. The van der Waals surface area contributed by atoms with Gasteiger partial charge in [0, 0.05) is 5.69 Å². The SMILES string of the molecule is Cc1ccc(N[C@@H]2CC(=O)N(Cc3ccccc3)C2=O)cc1. The van der Waals surface area contributed by atoms with Gasteiger partial charge in [0.2, 0.25) is 5.91 Å². The molecular weight excluding hydrogens is 276 g/mol. The van der Waals surface area contributed by atoms with Gasteiger partial charge in [0.05, 0.1) is 13.0 Å². The average molecular weight is 294 g/mol. The summed E-state index contributed by atoms with van der Waals surface area (Å²) in [6, 6.07) is 16.9. The minimum atomic E-state index is -0.473. The molecule has 0 aliphatic carbocycles. The van der Waals surface area contributed by atoms with Gasteiger partial charge in [-0.3, -0.25) is 14.5 Å². The van der Waals surface area contributed by atoms with Crippen molar-refractivity contribution in [2.24, 2.45) is 0 Å². The van der Waals surface area contributed by atoms with Crippen molar-refractivity contribution >= 4 is 17.5 Å². The summed E-state index contributed by atoms with van der Waals surface area (Å²) in [6.45, 7) is 2.35. The number of aryl methyl sites for hydroxylation is 1. The number of amides is 2. The number of rotatable bonds is 4. The molecule has 22 heavy (non-hydrogen) atoms. The van der Waals surface area contributed by atoms with Crippen LogP contribution in [0.4, 0.5) is 5.69 Å². The van der Waals surface area contributed by atoms with Crippen LogP contribution >= 0.6 is 0 Å². The number of likely N-dealkylation sites (tertiary alicyclic amines) is 1. The standard InChI is InChI=1S/C18H18N2O2/c1-13-7-9-15(10-8-13)19-16-11-17(21)20(18(16)22)12-14-5-3-2-4-6-14/h2-10,16,19H,11-12H2,1H3/t16-/m1/s1. The Morgan fingerprint density at radius 3 is 2.41 bits per heavy atom. The fourth-order valence-electron chi connectivity index (χ4n) is 2.58. The molecule has 0 aromatic heterocycles. The monoisotopic (exact) mass is 294 g/mol.